The molecule has 0 spiro atoms. The summed E-state index contributed by atoms with van der Waals surface area (Å²) in [4.78, 5) is 28.2. The van der Waals surface area contributed by atoms with Crippen LogP contribution in [-0.2, 0) is 27.2 Å². The van der Waals surface area contributed by atoms with Crippen molar-refractivity contribution >= 4 is 22.8 Å². The number of aromatic nitrogens is 1. The van der Waals surface area contributed by atoms with Gasteiger partial charge in [-0.3, -0.25) is 14.6 Å². The first-order valence-electron chi connectivity index (χ1n) is 9.01. The first kappa shape index (κ1) is 18.6. The number of carbonyl (C=O) groups excluding carboxylic acids is 2. The fourth-order valence-corrected chi connectivity index (χ4v) is 2.88. The minimum atomic E-state index is -0.437. The highest BCUT2D eigenvalue weighted by Gasteiger charge is 2.11. The van der Waals surface area contributed by atoms with Gasteiger partial charge in [0.25, 0.3) is 5.91 Å². The van der Waals surface area contributed by atoms with E-state index >= 15 is 0 Å². The van der Waals surface area contributed by atoms with Crippen LogP contribution in [0.3, 0.4) is 0 Å². The van der Waals surface area contributed by atoms with Gasteiger partial charge in [0, 0.05) is 18.1 Å². The van der Waals surface area contributed by atoms with Crippen LogP contribution in [0.1, 0.15) is 17.5 Å². The van der Waals surface area contributed by atoms with E-state index in [0.29, 0.717) is 6.54 Å². The van der Waals surface area contributed by atoms with Crippen molar-refractivity contribution in [2.75, 3.05) is 13.2 Å². The highest BCUT2D eigenvalue weighted by Crippen LogP contribution is 2.16. The number of amides is 1. The number of rotatable bonds is 8. The predicted molar refractivity (Wildman–Crippen MR) is 104 cm³/mol. The molecule has 0 aliphatic heterocycles. The van der Waals surface area contributed by atoms with E-state index in [4.69, 9.17) is 4.74 Å². The SMILES string of the molecule is O=C(COC(=O)Cc1cccc2cccnc12)NCCCc1ccccc1. The Morgan fingerprint density at radius 1 is 0.963 bits per heavy atom. The number of para-hydroxylation sites is 1. The average Bonchev–Trinajstić information content (AvgIpc) is 2.71. The van der Waals surface area contributed by atoms with E-state index in [1.54, 1.807) is 6.20 Å². The Morgan fingerprint density at radius 3 is 2.63 bits per heavy atom. The molecule has 3 aromatic rings. The molecule has 0 atom stereocenters. The second-order valence-electron chi connectivity index (χ2n) is 6.27. The molecule has 138 valence electrons. The summed E-state index contributed by atoms with van der Waals surface area (Å²) in [6.45, 7) is 0.293. The quantitative estimate of drug-likeness (QED) is 0.494. The maximum atomic E-state index is 12.0. The zero-order valence-electron chi connectivity index (χ0n) is 15.1. The van der Waals surface area contributed by atoms with E-state index in [1.165, 1.54) is 5.56 Å². The van der Waals surface area contributed by atoms with Gasteiger partial charge in [-0.2, -0.15) is 0 Å². The number of benzene rings is 2. The Labute approximate surface area is 158 Å². The summed E-state index contributed by atoms with van der Waals surface area (Å²) in [6.07, 6.45) is 3.52. The number of esters is 1. The van der Waals surface area contributed by atoms with E-state index in [1.807, 2.05) is 48.5 Å². The van der Waals surface area contributed by atoms with Crippen LogP contribution in [0.25, 0.3) is 10.9 Å². The zero-order chi connectivity index (χ0) is 18.9. The van der Waals surface area contributed by atoms with Gasteiger partial charge in [-0.25, -0.2) is 0 Å². The van der Waals surface area contributed by atoms with Gasteiger partial charge in [-0.1, -0.05) is 54.6 Å². The predicted octanol–water partition coefficient (Wildman–Crippen LogP) is 3.07. The Hall–Kier alpha value is -3.21. The molecule has 5 heteroatoms. The molecule has 0 fully saturated rings. The van der Waals surface area contributed by atoms with Crippen LogP contribution in [0, 0.1) is 0 Å². The van der Waals surface area contributed by atoms with Gasteiger partial charge in [-0.15, -0.1) is 0 Å². The Bertz CT molecular complexity index is 904. The van der Waals surface area contributed by atoms with Gasteiger partial charge >= 0.3 is 5.97 Å². The van der Waals surface area contributed by atoms with Crippen LogP contribution in [0.5, 0.6) is 0 Å². The third-order valence-corrected chi connectivity index (χ3v) is 4.22. The molecule has 3 rings (SSSR count). The zero-order valence-corrected chi connectivity index (χ0v) is 15.1. The van der Waals surface area contributed by atoms with E-state index < -0.39 is 5.97 Å². The highest BCUT2D eigenvalue weighted by molar-refractivity contribution is 5.86. The average molecular weight is 362 g/mol. The molecule has 1 N–H and O–H groups in total. The summed E-state index contributed by atoms with van der Waals surface area (Å²) in [5.74, 6) is -0.722. The number of pyridine rings is 1. The summed E-state index contributed by atoms with van der Waals surface area (Å²) in [5.41, 5.74) is 2.81. The Balaban J connectivity index is 1.39. The summed E-state index contributed by atoms with van der Waals surface area (Å²) in [5, 5.41) is 3.74. The van der Waals surface area contributed by atoms with Crippen molar-refractivity contribution < 1.29 is 14.3 Å². The number of fused-ring (bicyclic) bond motifs is 1. The second kappa shape index (κ2) is 9.48. The van der Waals surface area contributed by atoms with Crippen LogP contribution >= 0.6 is 0 Å². The largest absolute Gasteiger partial charge is 0.455 e. The summed E-state index contributed by atoms with van der Waals surface area (Å²) < 4.78 is 5.09. The number of nitrogens with zero attached hydrogens (tertiary/aromatic N) is 1. The molecule has 1 heterocycles. The number of nitrogens with one attached hydrogen (secondary N) is 1. The van der Waals surface area contributed by atoms with Crippen molar-refractivity contribution in [1.82, 2.24) is 10.3 Å². The van der Waals surface area contributed by atoms with Gasteiger partial charge in [0.1, 0.15) is 0 Å². The van der Waals surface area contributed by atoms with Crippen LogP contribution in [0.2, 0.25) is 0 Å². The molecule has 0 saturated heterocycles. The minimum Gasteiger partial charge on any atom is -0.455 e. The standard InChI is InChI=1S/C22H22N2O3/c25-20(23-13-5-9-17-7-2-1-3-8-17)16-27-21(26)15-19-11-4-10-18-12-6-14-24-22(18)19/h1-4,6-8,10-12,14H,5,9,13,15-16H2,(H,23,25). The normalized spacial score (nSPS) is 10.5. The van der Waals surface area contributed by atoms with E-state index in [0.717, 1.165) is 29.3 Å². The Kier molecular flexibility index (Phi) is 6.52. The summed E-state index contributed by atoms with van der Waals surface area (Å²) >= 11 is 0. The molecule has 1 amide bonds. The first-order valence-corrected chi connectivity index (χ1v) is 9.01. The topological polar surface area (TPSA) is 68.3 Å². The molecule has 27 heavy (non-hydrogen) atoms. The lowest BCUT2D eigenvalue weighted by Crippen LogP contribution is -2.30. The maximum Gasteiger partial charge on any atom is 0.310 e. The fourth-order valence-electron chi connectivity index (χ4n) is 2.88. The molecule has 0 aliphatic carbocycles. The lowest BCUT2D eigenvalue weighted by Gasteiger charge is -2.08. The molecular formula is C22H22N2O3. The second-order valence-corrected chi connectivity index (χ2v) is 6.27. The van der Waals surface area contributed by atoms with Gasteiger partial charge in [0.05, 0.1) is 11.9 Å². The molecule has 0 aliphatic rings. The molecule has 5 nitrogen and oxygen atoms in total. The lowest BCUT2D eigenvalue weighted by atomic mass is 10.1. The van der Waals surface area contributed by atoms with Gasteiger partial charge < -0.3 is 10.1 Å². The minimum absolute atomic E-state index is 0.0929. The molecular weight excluding hydrogens is 340 g/mol. The molecule has 2 aromatic carbocycles. The van der Waals surface area contributed by atoms with Crippen molar-refractivity contribution in [3.8, 4) is 0 Å². The van der Waals surface area contributed by atoms with Crippen molar-refractivity contribution in [3.05, 3.63) is 78.0 Å². The van der Waals surface area contributed by atoms with Gasteiger partial charge in [0.2, 0.25) is 0 Å². The van der Waals surface area contributed by atoms with Crippen LogP contribution in [0.15, 0.2) is 66.9 Å². The molecule has 0 unspecified atom stereocenters. The summed E-state index contributed by atoms with van der Waals surface area (Å²) in [7, 11) is 0. The van der Waals surface area contributed by atoms with Crippen LogP contribution in [0.4, 0.5) is 0 Å². The number of carbonyl (C=O) groups is 2. The van der Waals surface area contributed by atoms with Crippen LogP contribution in [-0.4, -0.2) is 30.0 Å². The van der Waals surface area contributed by atoms with Gasteiger partial charge in [-0.05, 0) is 30.0 Å². The number of hydrogen-bond donors (Lipinski definition) is 1. The fraction of sp³-hybridized carbons (Fsp3) is 0.227. The lowest BCUT2D eigenvalue weighted by molar-refractivity contribution is -0.147. The summed E-state index contributed by atoms with van der Waals surface area (Å²) in [6, 6.07) is 19.6. The van der Waals surface area contributed by atoms with Gasteiger partial charge in [0.15, 0.2) is 6.61 Å². The monoisotopic (exact) mass is 362 g/mol. The third-order valence-electron chi connectivity index (χ3n) is 4.22. The molecule has 0 radical (unpaired) electrons. The number of hydrogen-bond acceptors (Lipinski definition) is 4. The molecule has 0 saturated carbocycles. The first-order chi connectivity index (χ1) is 13.2. The van der Waals surface area contributed by atoms with E-state index in [-0.39, 0.29) is 18.9 Å². The molecule has 0 bridgehead atoms. The van der Waals surface area contributed by atoms with Crippen molar-refractivity contribution in [1.29, 1.82) is 0 Å². The van der Waals surface area contributed by atoms with E-state index in [2.05, 4.69) is 22.4 Å². The van der Waals surface area contributed by atoms with Crippen LogP contribution < -0.4 is 5.32 Å². The highest BCUT2D eigenvalue weighted by atomic mass is 16.5. The van der Waals surface area contributed by atoms with Crippen molar-refractivity contribution in [3.63, 3.8) is 0 Å². The van der Waals surface area contributed by atoms with E-state index in [9.17, 15) is 9.59 Å². The number of ether oxygens (including phenoxy) is 1. The third kappa shape index (κ3) is 5.64. The van der Waals surface area contributed by atoms with Crippen molar-refractivity contribution in [2.45, 2.75) is 19.3 Å². The maximum absolute atomic E-state index is 12.0. The Morgan fingerprint density at radius 2 is 1.78 bits per heavy atom. The molecule has 1 aromatic heterocycles. The smallest absolute Gasteiger partial charge is 0.310 e. The number of aryl methyl sites for hydroxylation is 1. The van der Waals surface area contributed by atoms with Crippen molar-refractivity contribution in [2.24, 2.45) is 0 Å².